The number of rotatable bonds is 19. The second kappa shape index (κ2) is 17.5. The Morgan fingerprint density at radius 2 is 0.875 bits per heavy atom. The molecule has 0 aliphatic carbocycles. The van der Waals surface area contributed by atoms with Crippen molar-refractivity contribution in [2.24, 2.45) is 28.3 Å². The predicted molar refractivity (Wildman–Crippen MR) is 98.8 cm³/mol. The lowest BCUT2D eigenvalue weighted by atomic mass is 9.85. The van der Waals surface area contributed by atoms with E-state index in [1.807, 2.05) is 0 Å². The van der Waals surface area contributed by atoms with Crippen molar-refractivity contribution in [1.29, 1.82) is 0 Å². The van der Waals surface area contributed by atoms with Gasteiger partial charge in [0.15, 0.2) is 0 Å². The SMILES string of the molecule is NCCCCC(COCCCN)(COCCCN)COCCCN. The molecule has 0 bridgehead atoms. The molecule has 0 spiro atoms. The Hall–Kier alpha value is -0.280. The van der Waals surface area contributed by atoms with E-state index in [-0.39, 0.29) is 5.41 Å². The molecule has 24 heavy (non-hydrogen) atoms. The van der Waals surface area contributed by atoms with Gasteiger partial charge in [-0.25, -0.2) is 0 Å². The first-order chi connectivity index (χ1) is 11.7. The zero-order valence-corrected chi connectivity index (χ0v) is 15.3. The first-order valence-corrected chi connectivity index (χ1v) is 9.28. The van der Waals surface area contributed by atoms with Gasteiger partial charge < -0.3 is 37.1 Å². The molecule has 0 aromatic carbocycles. The molecule has 0 rings (SSSR count). The van der Waals surface area contributed by atoms with Gasteiger partial charge in [0.2, 0.25) is 0 Å². The summed E-state index contributed by atoms with van der Waals surface area (Å²) in [6.45, 7) is 6.46. The molecular formula is C17H40N4O3. The van der Waals surface area contributed by atoms with Crippen LogP contribution in [0.3, 0.4) is 0 Å². The highest BCUT2D eigenvalue weighted by Crippen LogP contribution is 2.27. The molecule has 0 saturated heterocycles. The largest absolute Gasteiger partial charge is 0.381 e. The van der Waals surface area contributed by atoms with E-state index in [0.29, 0.717) is 65.8 Å². The molecule has 0 atom stereocenters. The average molecular weight is 349 g/mol. The van der Waals surface area contributed by atoms with Crippen LogP contribution in [0.15, 0.2) is 0 Å². The van der Waals surface area contributed by atoms with Crippen LogP contribution in [0.25, 0.3) is 0 Å². The van der Waals surface area contributed by atoms with Crippen LogP contribution in [0.5, 0.6) is 0 Å². The first-order valence-electron chi connectivity index (χ1n) is 9.28. The molecule has 0 aromatic rings. The van der Waals surface area contributed by atoms with E-state index in [1.165, 1.54) is 0 Å². The maximum atomic E-state index is 5.86. The van der Waals surface area contributed by atoms with Crippen molar-refractivity contribution < 1.29 is 14.2 Å². The summed E-state index contributed by atoms with van der Waals surface area (Å²) in [6.07, 6.45) is 5.59. The minimum Gasteiger partial charge on any atom is -0.381 e. The second-order valence-electron chi connectivity index (χ2n) is 6.33. The van der Waals surface area contributed by atoms with Crippen molar-refractivity contribution in [2.45, 2.75) is 38.5 Å². The minimum absolute atomic E-state index is 0.146. The highest BCUT2D eigenvalue weighted by molar-refractivity contribution is 4.80. The summed E-state index contributed by atoms with van der Waals surface area (Å²) >= 11 is 0. The zero-order valence-electron chi connectivity index (χ0n) is 15.3. The first kappa shape index (κ1) is 23.7. The van der Waals surface area contributed by atoms with E-state index in [9.17, 15) is 0 Å². The number of ether oxygens (including phenoxy) is 3. The van der Waals surface area contributed by atoms with Crippen molar-refractivity contribution >= 4 is 0 Å². The van der Waals surface area contributed by atoms with Gasteiger partial charge in [0.1, 0.15) is 0 Å². The van der Waals surface area contributed by atoms with Gasteiger partial charge in [-0.3, -0.25) is 0 Å². The van der Waals surface area contributed by atoms with E-state index in [0.717, 1.165) is 38.5 Å². The van der Waals surface area contributed by atoms with Crippen molar-refractivity contribution in [3.05, 3.63) is 0 Å². The van der Waals surface area contributed by atoms with Gasteiger partial charge in [-0.2, -0.15) is 0 Å². The van der Waals surface area contributed by atoms with Gasteiger partial charge in [0, 0.05) is 25.2 Å². The smallest absolute Gasteiger partial charge is 0.0566 e. The standard InChI is InChI=1S/C17H40N4O3/c18-7-2-1-6-17(14-22-11-3-8-19,15-23-12-4-9-20)16-24-13-5-10-21/h1-16,18-21H2. The normalized spacial score (nSPS) is 12.0. The van der Waals surface area contributed by atoms with Crippen LogP contribution in [-0.4, -0.2) is 65.8 Å². The summed E-state index contributed by atoms with van der Waals surface area (Å²) in [5, 5.41) is 0. The monoisotopic (exact) mass is 348 g/mol. The molecule has 7 heteroatoms. The molecule has 0 heterocycles. The van der Waals surface area contributed by atoms with Gasteiger partial charge >= 0.3 is 0 Å². The Bertz CT molecular complexity index is 227. The number of hydrogen-bond acceptors (Lipinski definition) is 7. The quantitative estimate of drug-likeness (QED) is 0.245. The van der Waals surface area contributed by atoms with Crippen molar-refractivity contribution in [3.8, 4) is 0 Å². The Balaban J connectivity index is 4.58. The summed E-state index contributed by atoms with van der Waals surface area (Å²) in [6, 6.07) is 0. The lowest BCUT2D eigenvalue weighted by molar-refractivity contribution is -0.0749. The Morgan fingerprint density at radius 1 is 0.500 bits per heavy atom. The van der Waals surface area contributed by atoms with E-state index in [2.05, 4.69) is 0 Å². The van der Waals surface area contributed by atoms with Crippen molar-refractivity contribution in [2.75, 3.05) is 65.8 Å². The van der Waals surface area contributed by atoms with Gasteiger partial charge in [-0.15, -0.1) is 0 Å². The lowest BCUT2D eigenvalue weighted by Gasteiger charge is -2.33. The van der Waals surface area contributed by atoms with Crippen LogP contribution in [-0.2, 0) is 14.2 Å². The second-order valence-corrected chi connectivity index (χ2v) is 6.33. The van der Waals surface area contributed by atoms with Crippen LogP contribution >= 0.6 is 0 Å². The fourth-order valence-corrected chi connectivity index (χ4v) is 2.41. The van der Waals surface area contributed by atoms with E-state index >= 15 is 0 Å². The van der Waals surface area contributed by atoms with Gasteiger partial charge in [-0.1, -0.05) is 6.42 Å². The Labute approximate surface area is 147 Å². The fourth-order valence-electron chi connectivity index (χ4n) is 2.41. The van der Waals surface area contributed by atoms with Crippen molar-refractivity contribution in [1.82, 2.24) is 0 Å². The average Bonchev–Trinajstić information content (AvgIpc) is 2.60. The highest BCUT2D eigenvalue weighted by atomic mass is 16.5. The summed E-state index contributed by atoms with van der Waals surface area (Å²) in [5.41, 5.74) is 22.1. The highest BCUT2D eigenvalue weighted by Gasteiger charge is 2.31. The zero-order chi connectivity index (χ0) is 17.9. The fraction of sp³-hybridized carbons (Fsp3) is 1.00. The molecule has 7 nitrogen and oxygen atoms in total. The summed E-state index contributed by atoms with van der Waals surface area (Å²) in [7, 11) is 0. The molecule has 0 aliphatic rings. The van der Waals surface area contributed by atoms with Gasteiger partial charge in [0.05, 0.1) is 19.8 Å². The maximum absolute atomic E-state index is 5.86. The van der Waals surface area contributed by atoms with Gasteiger partial charge in [-0.05, 0) is 58.3 Å². The summed E-state index contributed by atoms with van der Waals surface area (Å²) in [4.78, 5) is 0. The third-order valence-corrected chi connectivity index (χ3v) is 3.86. The minimum atomic E-state index is -0.146. The predicted octanol–water partition coefficient (Wildman–Crippen LogP) is 0.198. The van der Waals surface area contributed by atoms with Crippen LogP contribution in [0.4, 0.5) is 0 Å². The van der Waals surface area contributed by atoms with Crippen LogP contribution in [0.1, 0.15) is 38.5 Å². The van der Waals surface area contributed by atoms with E-state index < -0.39 is 0 Å². The summed E-state index contributed by atoms with van der Waals surface area (Å²) in [5.74, 6) is 0. The molecule has 0 saturated carbocycles. The Kier molecular flexibility index (Phi) is 17.3. The van der Waals surface area contributed by atoms with Crippen LogP contribution in [0, 0.1) is 5.41 Å². The van der Waals surface area contributed by atoms with Crippen LogP contribution < -0.4 is 22.9 Å². The van der Waals surface area contributed by atoms with Crippen LogP contribution in [0.2, 0.25) is 0 Å². The molecule has 8 N–H and O–H groups in total. The molecule has 0 fully saturated rings. The number of unbranched alkanes of at least 4 members (excludes halogenated alkanes) is 1. The van der Waals surface area contributed by atoms with Gasteiger partial charge in [0.25, 0.3) is 0 Å². The van der Waals surface area contributed by atoms with Crippen molar-refractivity contribution in [3.63, 3.8) is 0 Å². The lowest BCUT2D eigenvalue weighted by Crippen LogP contribution is -2.38. The molecule has 0 aromatic heterocycles. The van der Waals surface area contributed by atoms with E-state index in [1.54, 1.807) is 0 Å². The maximum Gasteiger partial charge on any atom is 0.0566 e. The number of hydrogen-bond donors (Lipinski definition) is 4. The third-order valence-electron chi connectivity index (χ3n) is 3.86. The molecule has 0 unspecified atom stereocenters. The summed E-state index contributed by atoms with van der Waals surface area (Å²) < 4.78 is 17.6. The third kappa shape index (κ3) is 13.1. The molecule has 0 amide bonds. The molecule has 0 aliphatic heterocycles. The molecule has 146 valence electrons. The molecular weight excluding hydrogens is 308 g/mol. The number of nitrogens with two attached hydrogens (primary N) is 4. The molecule has 0 radical (unpaired) electrons. The Morgan fingerprint density at radius 3 is 1.21 bits per heavy atom. The topological polar surface area (TPSA) is 132 Å². The van der Waals surface area contributed by atoms with E-state index in [4.69, 9.17) is 37.1 Å².